The van der Waals surface area contributed by atoms with Crippen molar-refractivity contribution in [3.63, 3.8) is 0 Å². The van der Waals surface area contributed by atoms with Gasteiger partial charge < -0.3 is 25.0 Å². The van der Waals surface area contributed by atoms with Gasteiger partial charge in [-0.1, -0.05) is 12.1 Å². The fourth-order valence-electron chi connectivity index (χ4n) is 4.20. The Morgan fingerprint density at radius 1 is 0.905 bits per heavy atom. The van der Waals surface area contributed by atoms with Gasteiger partial charge in [0.05, 0.1) is 16.9 Å². The van der Waals surface area contributed by atoms with Crippen LogP contribution in [0, 0.1) is 0 Å². The van der Waals surface area contributed by atoms with Gasteiger partial charge in [0.2, 0.25) is 5.95 Å². The molecule has 1 aliphatic heterocycles. The summed E-state index contributed by atoms with van der Waals surface area (Å²) in [7, 11) is 0. The minimum absolute atomic E-state index is 0.0878. The summed E-state index contributed by atoms with van der Waals surface area (Å²) in [6.07, 6.45) is 3.41. The number of hydrogen-bond donors (Lipinski definition) is 3. The van der Waals surface area contributed by atoms with Crippen molar-refractivity contribution in [1.82, 2.24) is 14.9 Å². The van der Waals surface area contributed by atoms with Gasteiger partial charge in [-0.15, -0.1) is 11.3 Å². The smallest absolute Gasteiger partial charge is 0.412 e. The number of benzene rings is 1. The zero-order valence-electron chi connectivity index (χ0n) is 24.8. The standard InChI is InChI=1S/C30H38N6O5S/c1-29(2,3)40-27(38)35-22-10-9-19(24-8-7-15-42-24)16-23(22)34-25(37)20-17-31-26(32-18-20)33-21-11-13-36(14-12-21)28(39)41-30(4,5)6/h7-10,15-18,21H,11-14H2,1-6H3,(H,34,37)(H,35,38)(H,31,32,33). The maximum absolute atomic E-state index is 13.2. The van der Waals surface area contributed by atoms with Crippen molar-refractivity contribution >= 4 is 46.8 Å². The molecule has 4 rings (SSSR count). The molecule has 1 aliphatic rings. The van der Waals surface area contributed by atoms with Crippen molar-refractivity contribution in [3.05, 3.63) is 53.7 Å². The van der Waals surface area contributed by atoms with Gasteiger partial charge in [-0.25, -0.2) is 19.6 Å². The number of ether oxygens (including phenoxy) is 2. The number of carbonyl (C=O) groups excluding carboxylic acids is 3. The van der Waals surface area contributed by atoms with Crippen LogP contribution in [0.3, 0.4) is 0 Å². The van der Waals surface area contributed by atoms with Crippen molar-refractivity contribution in [1.29, 1.82) is 0 Å². The highest BCUT2D eigenvalue weighted by atomic mass is 32.1. The number of carbonyl (C=O) groups is 3. The first kappa shape index (κ1) is 30.8. The molecule has 3 heterocycles. The van der Waals surface area contributed by atoms with Gasteiger partial charge >= 0.3 is 12.2 Å². The third-order valence-electron chi connectivity index (χ3n) is 6.10. The van der Waals surface area contributed by atoms with Gasteiger partial charge in [-0.3, -0.25) is 10.1 Å². The van der Waals surface area contributed by atoms with Crippen molar-refractivity contribution in [2.75, 3.05) is 29.0 Å². The topological polar surface area (TPSA) is 135 Å². The summed E-state index contributed by atoms with van der Waals surface area (Å²) < 4.78 is 10.8. The van der Waals surface area contributed by atoms with E-state index in [0.717, 1.165) is 23.3 Å². The molecule has 0 radical (unpaired) electrons. The molecule has 12 heteroatoms. The van der Waals surface area contributed by atoms with Crippen LogP contribution in [-0.2, 0) is 9.47 Å². The maximum atomic E-state index is 13.2. The van der Waals surface area contributed by atoms with Crippen molar-refractivity contribution in [3.8, 4) is 10.4 Å². The molecule has 3 aromatic rings. The van der Waals surface area contributed by atoms with Crippen LogP contribution in [0.25, 0.3) is 10.4 Å². The summed E-state index contributed by atoms with van der Waals surface area (Å²) in [4.78, 5) is 49.3. The molecule has 3 amide bonds. The molecule has 1 aromatic carbocycles. The Bertz CT molecular complexity index is 1390. The molecule has 11 nitrogen and oxygen atoms in total. The van der Waals surface area contributed by atoms with Crippen LogP contribution in [0.15, 0.2) is 48.1 Å². The summed E-state index contributed by atoms with van der Waals surface area (Å²) >= 11 is 1.57. The molecule has 224 valence electrons. The first-order chi connectivity index (χ1) is 19.8. The number of hydrogen-bond acceptors (Lipinski definition) is 9. The number of rotatable bonds is 6. The molecule has 0 unspecified atom stereocenters. The number of likely N-dealkylation sites (tertiary alicyclic amines) is 1. The van der Waals surface area contributed by atoms with E-state index >= 15 is 0 Å². The molecule has 1 saturated heterocycles. The largest absolute Gasteiger partial charge is 0.444 e. The lowest BCUT2D eigenvalue weighted by molar-refractivity contribution is 0.0210. The van der Waals surface area contributed by atoms with Gasteiger partial charge in [0.25, 0.3) is 5.91 Å². The molecule has 0 aliphatic carbocycles. The van der Waals surface area contributed by atoms with E-state index < -0.39 is 23.2 Å². The van der Waals surface area contributed by atoms with Crippen LogP contribution in [0.4, 0.5) is 26.9 Å². The Hall–Kier alpha value is -4.19. The van der Waals surface area contributed by atoms with Crippen LogP contribution in [0.2, 0.25) is 0 Å². The van der Waals surface area contributed by atoms with Crippen LogP contribution in [0.1, 0.15) is 64.7 Å². The summed E-state index contributed by atoms with van der Waals surface area (Å²) in [5.74, 6) is -0.0305. The van der Waals surface area contributed by atoms with E-state index in [1.165, 1.54) is 12.4 Å². The minimum atomic E-state index is -0.674. The third kappa shape index (κ3) is 8.90. The summed E-state index contributed by atoms with van der Waals surface area (Å²) in [6.45, 7) is 12.0. The molecule has 0 atom stereocenters. The van der Waals surface area contributed by atoms with E-state index in [9.17, 15) is 14.4 Å². The second-order valence-electron chi connectivity index (χ2n) is 12.0. The number of nitrogens with zero attached hydrogens (tertiary/aromatic N) is 3. The normalized spacial score (nSPS) is 14.2. The molecule has 0 spiro atoms. The molecular formula is C30H38N6O5S. The Morgan fingerprint density at radius 3 is 2.17 bits per heavy atom. The molecule has 0 saturated carbocycles. The van der Waals surface area contributed by atoms with Gasteiger partial charge in [-0.05, 0) is 83.5 Å². The number of anilines is 3. The molecular weight excluding hydrogens is 556 g/mol. The number of nitrogens with one attached hydrogen (secondary N) is 3. The lowest BCUT2D eigenvalue weighted by atomic mass is 10.1. The van der Waals surface area contributed by atoms with E-state index in [-0.39, 0.29) is 17.7 Å². The van der Waals surface area contributed by atoms with E-state index in [0.29, 0.717) is 30.4 Å². The minimum Gasteiger partial charge on any atom is -0.444 e. The predicted molar refractivity (Wildman–Crippen MR) is 164 cm³/mol. The van der Waals surface area contributed by atoms with E-state index in [2.05, 4.69) is 25.9 Å². The third-order valence-corrected chi connectivity index (χ3v) is 7.02. The fourth-order valence-corrected chi connectivity index (χ4v) is 4.92. The van der Waals surface area contributed by atoms with Gasteiger partial charge in [-0.2, -0.15) is 0 Å². The summed E-state index contributed by atoms with van der Waals surface area (Å²) in [6, 6.07) is 9.42. The number of piperidine rings is 1. The van der Waals surface area contributed by atoms with Crippen LogP contribution >= 0.6 is 11.3 Å². The van der Waals surface area contributed by atoms with E-state index in [1.54, 1.807) is 49.1 Å². The Balaban J connectivity index is 1.39. The lowest BCUT2D eigenvalue weighted by Crippen LogP contribution is -2.44. The first-order valence-electron chi connectivity index (χ1n) is 13.8. The molecule has 1 fully saturated rings. The molecule has 0 bridgehead atoms. The van der Waals surface area contributed by atoms with Crippen molar-refractivity contribution < 1.29 is 23.9 Å². The first-order valence-corrected chi connectivity index (χ1v) is 14.7. The quantitative estimate of drug-likeness (QED) is 0.290. The Kier molecular flexibility index (Phi) is 9.35. The molecule has 42 heavy (non-hydrogen) atoms. The molecule has 2 aromatic heterocycles. The predicted octanol–water partition coefficient (Wildman–Crippen LogP) is 6.62. The SMILES string of the molecule is CC(C)(C)OC(=O)Nc1ccc(-c2cccs2)cc1NC(=O)c1cnc(NC2CCN(C(=O)OC(C)(C)C)CC2)nc1. The van der Waals surface area contributed by atoms with Crippen LogP contribution in [-0.4, -0.2) is 63.3 Å². The Labute approximate surface area is 250 Å². The monoisotopic (exact) mass is 594 g/mol. The van der Waals surface area contributed by atoms with Crippen LogP contribution in [0.5, 0.6) is 0 Å². The lowest BCUT2D eigenvalue weighted by Gasteiger charge is -2.33. The highest BCUT2D eigenvalue weighted by molar-refractivity contribution is 7.13. The molecule has 3 N–H and O–H groups in total. The summed E-state index contributed by atoms with van der Waals surface area (Å²) in [5.41, 5.74) is 0.753. The average Bonchev–Trinajstić information content (AvgIpc) is 3.43. The highest BCUT2D eigenvalue weighted by Gasteiger charge is 2.27. The van der Waals surface area contributed by atoms with E-state index in [1.807, 2.05) is 44.4 Å². The second-order valence-corrected chi connectivity index (χ2v) is 12.9. The number of thiophene rings is 1. The zero-order chi connectivity index (χ0) is 30.5. The van der Waals surface area contributed by atoms with Gasteiger partial charge in [0.15, 0.2) is 0 Å². The van der Waals surface area contributed by atoms with Crippen molar-refractivity contribution in [2.24, 2.45) is 0 Å². The van der Waals surface area contributed by atoms with Crippen molar-refractivity contribution in [2.45, 2.75) is 71.6 Å². The van der Waals surface area contributed by atoms with Gasteiger partial charge in [0.1, 0.15) is 11.2 Å². The van der Waals surface area contributed by atoms with Gasteiger partial charge in [0, 0.05) is 36.4 Å². The Morgan fingerprint density at radius 2 is 1.57 bits per heavy atom. The number of aromatic nitrogens is 2. The highest BCUT2D eigenvalue weighted by Crippen LogP contribution is 2.32. The fraction of sp³-hybridized carbons (Fsp3) is 0.433. The second kappa shape index (κ2) is 12.8. The van der Waals surface area contributed by atoms with Crippen LogP contribution < -0.4 is 16.0 Å². The summed E-state index contributed by atoms with van der Waals surface area (Å²) in [5, 5.41) is 10.9. The zero-order valence-corrected chi connectivity index (χ0v) is 25.6. The average molecular weight is 595 g/mol. The number of amides is 3. The van der Waals surface area contributed by atoms with E-state index in [4.69, 9.17) is 9.47 Å². The maximum Gasteiger partial charge on any atom is 0.412 e.